The summed E-state index contributed by atoms with van der Waals surface area (Å²) in [5.74, 6) is -3.61. The van der Waals surface area contributed by atoms with E-state index in [2.05, 4.69) is 14.5 Å². The molecule has 1 aromatic carbocycles. The number of para-hydroxylation sites is 1. The number of esters is 2. The van der Waals surface area contributed by atoms with Crippen LogP contribution in [0.25, 0.3) is 0 Å². The van der Waals surface area contributed by atoms with Gasteiger partial charge in [0.25, 0.3) is 5.90 Å². The first-order chi connectivity index (χ1) is 17.8. The third-order valence-corrected chi connectivity index (χ3v) is 4.60. The molecule has 0 saturated carbocycles. The van der Waals surface area contributed by atoms with Crippen LogP contribution in [0.3, 0.4) is 0 Å². The van der Waals surface area contributed by atoms with Crippen molar-refractivity contribution in [2.45, 2.75) is 50.7 Å². The second kappa shape index (κ2) is 13.5. The van der Waals surface area contributed by atoms with Gasteiger partial charge in [0.1, 0.15) is 12.7 Å². The zero-order valence-corrected chi connectivity index (χ0v) is 20.5. The molecule has 1 aliphatic heterocycles. The van der Waals surface area contributed by atoms with Crippen LogP contribution in [0.2, 0.25) is 0 Å². The molecule has 1 aromatic rings. The first-order valence-electron chi connectivity index (χ1n) is 10.7. The molecule has 0 radical (unpaired) electrons. The lowest BCUT2D eigenvalue weighted by molar-refractivity contribution is -0.291. The van der Waals surface area contributed by atoms with Gasteiger partial charge in [-0.2, -0.15) is 13.2 Å². The van der Waals surface area contributed by atoms with Crippen molar-refractivity contribution in [2.24, 2.45) is 4.99 Å². The van der Waals surface area contributed by atoms with Gasteiger partial charge in [-0.3, -0.25) is 9.59 Å². The van der Waals surface area contributed by atoms with Crippen molar-refractivity contribution >= 4 is 35.8 Å². The van der Waals surface area contributed by atoms with Gasteiger partial charge < -0.3 is 37.9 Å². The monoisotopic (exact) mass is 551 g/mol. The van der Waals surface area contributed by atoms with Crippen molar-refractivity contribution in [3.8, 4) is 0 Å². The third-order valence-electron chi connectivity index (χ3n) is 4.60. The molecule has 1 heterocycles. The molecule has 1 aliphatic rings. The maximum Gasteiger partial charge on any atom is 0.508 e. The Labute approximate surface area is 213 Å². The Morgan fingerprint density at radius 3 is 1.92 bits per heavy atom. The number of methoxy groups -OCH3 is 2. The highest BCUT2D eigenvalue weighted by molar-refractivity contribution is 5.84. The van der Waals surface area contributed by atoms with E-state index in [0.717, 1.165) is 28.1 Å². The zero-order valence-electron chi connectivity index (χ0n) is 20.5. The topological polar surface area (TPSA) is 154 Å². The normalized spacial score (nSPS) is 23.4. The smallest absolute Gasteiger partial charge is 0.463 e. The lowest BCUT2D eigenvalue weighted by Gasteiger charge is -2.43. The number of nitrogens with zero attached hydrogens (tertiary/aromatic N) is 1. The van der Waals surface area contributed by atoms with Gasteiger partial charge in [0.15, 0.2) is 12.2 Å². The highest BCUT2D eigenvalue weighted by atomic mass is 19.4. The Morgan fingerprint density at radius 2 is 1.42 bits per heavy atom. The minimum Gasteiger partial charge on any atom is -0.463 e. The number of rotatable bonds is 7. The fourth-order valence-electron chi connectivity index (χ4n) is 3.11. The summed E-state index contributed by atoms with van der Waals surface area (Å²) in [5.41, 5.74) is -0.155. The van der Waals surface area contributed by atoms with Gasteiger partial charge in [-0.15, -0.1) is 0 Å². The lowest BCUT2D eigenvalue weighted by Crippen LogP contribution is -2.63. The van der Waals surface area contributed by atoms with Crippen LogP contribution in [-0.2, 0) is 47.5 Å². The molecule has 0 aliphatic carbocycles. The second-order valence-corrected chi connectivity index (χ2v) is 7.36. The molecule has 13 nitrogen and oxygen atoms in total. The van der Waals surface area contributed by atoms with E-state index in [1.807, 2.05) is 0 Å². The first kappa shape index (κ1) is 30.1. The van der Waals surface area contributed by atoms with Crippen LogP contribution in [0, 0.1) is 0 Å². The van der Waals surface area contributed by atoms with Crippen LogP contribution in [-0.4, -0.2) is 87.9 Å². The maximum absolute atomic E-state index is 13.9. The number of alkyl halides is 3. The van der Waals surface area contributed by atoms with Crippen LogP contribution in [0.4, 0.5) is 28.4 Å². The molecular weight excluding hydrogens is 527 g/mol. The van der Waals surface area contributed by atoms with E-state index >= 15 is 0 Å². The van der Waals surface area contributed by atoms with Crippen molar-refractivity contribution in [1.82, 2.24) is 0 Å². The molecule has 0 amide bonds. The Hall–Kier alpha value is -4.08. The molecular formula is C22H24F3NO12. The minimum atomic E-state index is -5.19. The summed E-state index contributed by atoms with van der Waals surface area (Å²) in [6.07, 6.45) is -17.4. The summed E-state index contributed by atoms with van der Waals surface area (Å²) in [4.78, 5) is 50.6. The largest absolute Gasteiger partial charge is 0.508 e. The quantitative estimate of drug-likeness (QED) is 0.212. The predicted octanol–water partition coefficient (Wildman–Crippen LogP) is 2.82. The summed E-state index contributed by atoms with van der Waals surface area (Å²) in [7, 11) is 1.81. The molecule has 0 spiro atoms. The average molecular weight is 551 g/mol. The number of halogens is 3. The minimum absolute atomic E-state index is 0.155. The van der Waals surface area contributed by atoms with Crippen LogP contribution < -0.4 is 0 Å². The standard InChI is InChI=1S/C22H24F3NO12/c1-11(27)33-10-14-15(34-12(2)28)16(36-20(29)31-3)17(37-21(30)32-4)18(35-14)38-19(22(23,24)25)26-13-8-6-5-7-9-13/h5-9,14-18H,10H2,1-4H3/t14-,15-,16+,17-,18-/m1/s1. The lowest BCUT2D eigenvalue weighted by atomic mass is 9.98. The van der Waals surface area contributed by atoms with E-state index in [-0.39, 0.29) is 5.69 Å². The highest BCUT2D eigenvalue weighted by Gasteiger charge is 2.56. The predicted molar refractivity (Wildman–Crippen MR) is 116 cm³/mol. The van der Waals surface area contributed by atoms with Crippen molar-refractivity contribution in [2.75, 3.05) is 20.8 Å². The number of benzene rings is 1. The summed E-state index contributed by atoms with van der Waals surface area (Å²) >= 11 is 0. The van der Waals surface area contributed by atoms with E-state index in [4.69, 9.17) is 28.4 Å². The number of aliphatic imine (C=N–C) groups is 1. The first-order valence-corrected chi connectivity index (χ1v) is 10.7. The molecule has 0 N–H and O–H groups in total. The van der Waals surface area contributed by atoms with Gasteiger partial charge in [-0.1, -0.05) is 18.2 Å². The molecule has 210 valence electrons. The summed E-state index contributed by atoms with van der Waals surface area (Å²) in [6, 6.07) is 6.89. The van der Waals surface area contributed by atoms with E-state index in [9.17, 15) is 32.3 Å². The Bertz CT molecular complexity index is 1020. The number of hydrogen-bond acceptors (Lipinski definition) is 13. The Morgan fingerprint density at radius 1 is 0.842 bits per heavy atom. The number of hydrogen-bond donors (Lipinski definition) is 0. The third kappa shape index (κ3) is 8.79. The van der Waals surface area contributed by atoms with Gasteiger partial charge in [-0.05, 0) is 12.1 Å². The summed E-state index contributed by atoms with van der Waals surface area (Å²) in [5, 5.41) is 0. The Balaban J connectivity index is 2.60. The van der Waals surface area contributed by atoms with E-state index < -0.39 is 73.6 Å². The van der Waals surface area contributed by atoms with Crippen LogP contribution in [0.15, 0.2) is 35.3 Å². The van der Waals surface area contributed by atoms with Crippen molar-refractivity contribution in [3.05, 3.63) is 30.3 Å². The molecule has 16 heteroatoms. The second-order valence-electron chi connectivity index (χ2n) is 7.36. The Kier molecular flexibility index (Phi) is 10.7. The van der Waals surface area contributed by atoms with Crippen molar-refractivity contribution in [1.29, 1.82) is 0 Å². The summed E-state index contributed by atoms with van der Waals surface area (Å²) in [6.45, 7) is 1.29. The van der Waals surface area contributed by atoms with Crippen molar-refractivity contribution < 1.29 is 70.2 Å². The summed E-state index contributed by atoms with van der Waals surface area (Å²) < 4.78 is 81.1. The van der Waals surface area contributed by atoms with Gasteiger partial charge in [0.05, 0.1) is 19.9 Å². The molecule has 5 atom stereocenters. The highest BCUT2D eigenvalue weighted by Crippen LogP contribution is 2.32. The molecule has 0 unspecified atom stereocenters. The fourth-order valence-corrected chi connectivity index (χ4v) is 3.11. The van der Waals surface area contributed by atoms with Gasteiger partial charge in [0, 0.05) is 13.8 Å². The van der Waals surface area contributed by atoms with Crippen molar-refractivity contribution in [3.63, 3.8) is 0 Å². The van der Waals surface area contributed by atoms with Crippen LogP contribution in [0.1, 0.15) is 13.8 Å². The molecule has 1 saturated heterocycles. The number of carbonyl (C=O) groups excluding carboxylic acids is 4. The molecule has 1 fully saturated rings. The van der Waals surface area contributed by atoms with Gasteiger partial charge >= 0.3 is 30.4 Å². The SMILES string of the molecule is COC(=O)O[C@@H]1[C@@H](OC(=O)OC)[C@@H](OC(=Nc2ccccc2)C(F)(F)F)O[C@H](COC(C)=O)[C@H]1OC(C)=O. The zero-order chi connectivity index (χ0) is 28.5. The molecule has 0 bridgehead atoms. The maximum atomic E-state index is 13.9. The van der Waals surface area contributed by atoms with E-state index in [1.54, 1.807) is 6.07 Å². The number of ether oxygens (including phenoxy) is 8. The average Bonchev–Trinajstić information content (AvgIpc) is 2.85. The van der Waals surface area contributed by atoms with E-state index in [0.29, 0.717) is 0 Å². The number of carbonyl (C=O) groups is 4. The fraction of sp³-hybridized carbons (Fsp3) is 0.500. The molecule has 2 rings (SSSR count). The molecule has 0 aromatic heterocycles. The van der Waals surface area contributed by atoms with Crippen LogP contribution in [0.5, 0.6) is 0 Å². The van der Waals surface area contributed by atoms with Gasteiger partial charge in [0.2, 0.25) is 12.4 Å². The van der Waals surface area contributed by atoms with E-state index in [1.165, 1.54) is 24.3 Å². The van der Waals surface area contributed by atoms with Gasteiger partial charge in [-0.25, -0.2) is 14.6 Å². The molecule has 38 heavy (non-hydrogen) atoms. The van der Waals surface area contributed by atoms with Crippen LogP contribution >= 0.6 is 0 Å².